The maximum absolute atomic E-state index is 11.3. The summed E-state index contributed by atoms with van der Waals surface area (Å²) >= 11 is 0. The van der Waals surface area contributed by atoms with Crippen LogP contribution in [0.2, 0.25) is 0 Å². The predicted molar refractivity (Wildman–Crippen MR) is 75.4 cm³/mol. The molecular weight excluding hydrogens is 279 g/mol. The summed E-state index contributed by atoms with van der Waals surface area (Å²) in [6.07, 6.45) is 2.64. The van der Waals surface area contributed by atoms with E-state index in [-0.39, 0.29) is 6.61 Å². The van der Waals surface area contributed by atoms with E-state index < -0.39 is 14.2 Å². The van der Waals surface area contributed by atoms with Crippen LogP contribution in [-0.4, -0.2) is 12.6 Å². The minimum absolute atomic E-state index is 0.0260. The van der Waals surface area contributed by atoms with Gasteiger partial charge in [0.05, 0.1) is 12.2 Å². The molecule has 0 radical (unpaired) electrons. The summed E-state index contributed by atoms with van der Waals surface area (Å²) in [5.41, 5.74) is 1.10. The Morgan fingerprint density at radius 2 is 1.70 bits per heavy atom. The monoisotopic (exact) mass is 300 g/mol. The van der Waals surface area contributed by atoms with Crippen molar-refractivity contribution in [3.05, 3.63) is 35.4 Å². The summed E-state index contributed by atoms with van der Waals surface area (Å²) in [7, 11) is -2.84. The Labute approximate surface area is 120 Å². The Balaban J connectivity index is 0.000000796. The van der Waals surface area contributed by atoms with Gasteiger partial charge in [-0.25, -0.2) is 4.79 Å². The van der Waals surface area contributed by atoms with Crippen molar-refractivity contribution in [1.29, 1.82) is 0 Å². The highest BCUT2D eigenvalue weighted by atomic mass is 31.1. The Morgan fingerprint density at radius 3 is 2.10 bits per heavy atom. The van der Waals surface area contributed by atoms with Crippen molar-refractivity contribution in [3.8, 4) is 0 Å². The van der Waals surface area contributed by atoms with Crippen LogP contribution in [0.25, 0.3) is 0 Å². The standard InChI is InChI=1S/C10H11O5P.C4H10/c1-2-14-10(11)9-5-3-8(4-6-9)7-15-16(12)13;1-3-4-2/h3-6H,2,7H2,1H3;3-4H2,1-2H3. The van der Waals surface area contributed by atoms with Crippen molar-refractivity contribution in [2.75, 3.05) is 6.61 Å². The first kappa shape index (κ1) is 18.7. The minimum atomic E-state index is -2.84. The van der Waals surface area contributed by atoms with Crippen LogP contribution in [0.3, 0.4) is 0 Å². The van der Waals surface area contributed by atoms with Gasteiger partial charge in [-0.15, -0.1) is 4.52 Å². The SMILES string of the molecule is CCCC.CCOC(=O)c1ccc(CO[P+](=O)[O-])cc1. The third kappa shape index (κ3) is 8.75. The number of unbranched alkanes of at least 4 members (excludes halogenated alkanes) is 1. The molecule has 0 spiro atoms. The zero-order valence-corrected chi connectivity index (χ0v) is 13.0. The van der Waals surface area contributed by atoms with Gasteiger partial charge < -0.3 is 9.63 Å². The Hall–Kier alpha value is -1.29. The van der Waals surface area contributed by atoms with Crippen LogP contribution in [0.5, 0.6) is 0 Å². The third-order valence-corrected chi connectivity index (χ3v) is 2.64. The number of benzene rings is 1. The molecular formula is C14H21O5P. The number of ether oxygens (including phenoxy) is 1. The van der Waals surface area contributed by atoms with E-state index >= 15 is 0 Å². The smallest absolute Gasteiger partial charge is 0.488 e. The second-order valence-corrected chi connectivity index (χ2v) is 4.62. The van der Waals surface area contributed by atoms with Crippen molar-refractivity contribution >= 4 is 14.2 Å². The second kappa shape index (κ2) is 11.5. The molecule has 0 N–H and O–H groups in total. The number of esters is 1. The van der Waals surface area contributed by atoms with E-state index in [2.05, 4.69) is 18.4 Å². The topological polar surface area (TPSA) is 75.7 Å². The fraction of sp³-hybridized carbons (Fsp3) is 0.500. The predicted octanol–water partition coefficient (Wildman–Crippen LogP) is 3.20. The van der Waals surface area contributed by atoms with Crippen LogP contribution in [-0.2, 0) is 20.4 Å². The quantitative estimate of drug-likeness (QED) is 0.595. The minimum Gasteiger partial charge on any atom is -0.566 e. The van der Waals surface area contributed by atoms with Crippen molar-refractivity contribution < 1.29 is 23.5 Å². The lowest BCUT2D eigenvalue weighted by molar-refractivity contribution is -0.186. The summed E-state index contributed by atoms with van der Waals surface area (Å²) in [6, 6.07) is 6.36. The van der Waals surface area contributed by atoms with Gasteiger partial charge >= 0.3 is 14.2 Å². The van der Waals surface area contributed by atoms with Crippen LogP contribution in [0.15, 0.2) is 24.3 Å². The summed E-state index contributed by atoms with van der Waals surface area (Å²) in [6.45, 7) is 6.38. The molecule has 0 heterocycles. The molecule has 0 fully saturated rings. The lowest BCUT2D eigenvalue weighted by Gasteiger charge is -2.02. The first-order valence-electron chi connectivity index (χ1n) is 6.58. The number of carbonyl (C=O) groups is 1. The van der Waals surface area contributed by atoms with Gasteiger partial charge in [0.2, 0.25) is 0 Å². The van der Waals surface area contributed by atoms with Gasteiger partial charge in [-0.2, -0.15) is 0 Å². The molecule has 0 bridgehead atoms. The van der Waals surface area contributed by atoms with Crippen LogP contribution in [0.1, 0.15) is 49.5 Å². The molecule has 1 aromatic rings. The zero-order valence-electron chi connectivity index (χ0n) is 12.1. The second-order valence-electron chi connectivity index (χ2n) is 3.91. The van der Waals surface area contributed by atoms with Crippen LogP contribution in [0.4, 0.5) is 0 Å². The maximum atomic E-state index is 11.3. The van der Waals surface area contributed by atoms with Crippen LogP contribution < -0.4 is 4.89 Å². The molecule has 0 aliphatic heterocycles. The van der Waals surface area contributed by atoms with Gasteiger partial charge in [-0.05, 0) is 29.2 Å². The van der Waals surface area contributed by atoms with E-state index in [1.54, 1.807) is 31.2 Å². The van der Waals surface area contributed by atoms with Gasteiger partial charge in [0, 0.05) is 0 Å². The van der Waals surface area contributed by atoms with Crippen LogP contribution in [0, 0.1) is 0 Å². The van der Waals surface area contributed by atoms with Crippen molar-refractivity contribution in [3.63, 3.8) is 0 Å². The number of hydrogen-bond donors (Lipinski definition) is 0. The Morgan fingerprint density at radius 1 is 1.15 bits per heavy atom. The molecule has 6 heteroatoms. The Kier molecular flexibility index (Phi) is 10.8. The number of hydrogen-bond acceptors (Lipinski definition) is 5. The molecule has 1 rings (SSSR count). The first-order chi connectivity index (χ1) is 9.54. The number of carbonyl (C=O) groups excluding carboxylic acids is 1. The lowest BCUT2D eigenvalue weighted by atomic mass is 10.1. The van der Waals surface area contributed by atoms with Crippen molar-refractivity contribution in [1.82, 2.24) is 0 Å². The molecule has 0 aliphatic rings. The first-order valence-corrected chi connectivity index (χ1v) is 7.68. The molecule has 1 unspecified atom stereocenters. The molecule has 1 aromatic carbocycles. The highest BCUT2D eigenvalue weighted by Gasteiger charge is 2.07. The maximum Gasteiger partial charge on any atom is 0.488 e. The molecule has 1 atom stereocenters. The molecule has 0 amide bonds. The zero-order chi connectivity index (χ0) is 15.4. The molecule has 112 valence electrons. The van der Waals surface area contributed by atoms with E-state index in [0.29, 0.717) is 17.7 Å². The van der Waals surface area contributed by atoms with Gasteiger partial charge in [-0.1, -0.05) is 38.8 Å². The van der Waals surface area contributed by atoms with E-state index in [0.717, 1.165) is 0 Å². The average molecular weight is 300 g/mol. The summed E-state index contributed by atoms with van der Waals surface area (Å²) in [5.74, 6) is -0.398. The van der Waals surface area contributed by atoms with E-state index in [1.165, 1.54) is 12.8 Å². The molecule has 0 aromatic heterocycles. The highest BCUT2D eigenvalue weighted by molar-refractivity contribution is 7.30. The van der Waals surface area contributed by atoms with Gasteiger partial charge in [0.15, 0.2) is 0 Å². The molecule has 20 heavy (non-hydrogen) atoms. The molecule has 0 saturated carbocycles. The Bertz CT molecular complexity index is 401. The van der Waals surface area contributed by atoms with Gasteiger partial charge in [-0.3, -0.25) is 0 Å². The van der Waals surface area contributed by atoms with Gasteiger partial charge in [0.1, 0.15) is 6.61 Å². The molecule has 0 aliphatic carbocycles. The summed E-state index contributed by atoms with van der Waals surface area (Å²) in [4.78, 5) is 21.4. The lowest BCUT2D eigenvalue weighted by Crippen LogP contribution is -2.04. The molecule has 0 saturated heterocycles. The largest absolute Gasteiger partial charge is 0.566 e. The average Bonchev–Trinajstić information content (AvgIpc) is 2.46. The highest BCUT2D eigenvalue weighted by Crippen LogP contribution is 2.14. The van der Waals surface area contributed by atoms with Crippen molar-refractivity contribution in [2.45, 2.75) is 40.2 Å². The van der Waals surface area contributed by atoms with Crippen molar-refractivity contribution in [2.24, 2.45) is 0 Å². The van der Waals surface area contributed by atoms with E-state index in [4.69, 9.17) is 4.74 Å². The number of rotatable bonds is 6. The van der Waals surface area contributed by atoms with E-state index in [9.17, 15) is 14.3 Å². The normalized spacial score (nSPS) is 10.3. The summed E-state index contributed by atoms with van der Waals surface area (Å²) < 4.78 is 19.4. The fourth-order valence-electron chi connectivity index (χ4n) is 1.08. The fourth-order valence-corrected chi connectivity index (χ4v) is 1.33. The summed E-state index contributed by atoms with van der Waals surface area (Å²) in [5, 5.41) is 0. The van der Waals surface area contributed by atoms with Gasteiger partial charge in [0.25, 0.3) is 0 Å². The van der Waals surface area contributed by atoms with Crippen LogP contribution >= 0.6 is 8.25 Å². The molecule has 5 nitrogen and oxygen atoms in total. The third-order valence-electron chi connectivity index (χ3n) is 2.30. The van der Waals surface area contributed by atoms with E-state index in [1.807, 2.05) is 0 Å².